The van der Waals surface area contributed by atoms with Gasteiger partial charge in [-0.15, -0.1) is 0 Å². The Bertz CT molecular complexity index is 874. The number of piperidine rings is 1. The van der Waals surface area contributed by atoms with Crippen molar-refractivity contribution in [2.75, 3.05) is 24.6 Å². The number of aromatic nitrogens is 5. The molecule has 0 N–H and O–H groups in total. The number of rotatable bonds is 4. The van der Waals surface area contributed by atoms with Gasteiger partial charge in [0.25, 0.3) is 5.78 Å². The fourth-order valence-electron chi connectivity index (χ4n) is 3.15. The molecule has 0 atom stereocenters. The molecule has 3 aromatic heterocycles. The quantitative estimate of drug-likeness (QED) is 0.714. The first-order valence-electron chi connectivity index (χ1n) is 8.35. The van der Waals surface area contributed by atoms with Crippen molar-refractivity contribution in [3.63, 3.8) is 0 Å². The van der Waals surface area contributed by atoms with Crippen molar-refractivity contribution in [3.05, 3.63) is 41.6 Å². The van der Waals surface area contributed by atoms with Crippen molar-refractivity contribution in [3.8, 4) is 5.75 Å². The molecule has 1 fully saturated rings. The standard InChI is InChI=1S/C17H19ClN6O/c1-12-8-16(24-17(22-12)20-11-21-24)23-6-3-13(4-7-23)10-25-15-2-5-19-9-14(15)18/h2,5,8-9,11,13H,3-4,6-7,10H2,1H3. The van der Waals surface area contributed by atoms with Gasteiger partial charge in [-0.2, -0.15) is 14.6 Å². The second kappa shape index (κ2) is 6.84. The van der Waals surface area contributed by atoms with E-state index in [4.69, 9.17) is 16.3 Å². The lowest BCUT2D eigenvalue weighted by Crippen LogP contribution is -2.36. The Balaban J connectivity index is 1.40. The summed E-state index contributed by atoms with van der Waals surface area (Å²) in [6, 6.07) is 3.87. The minimum Gasteiger partial charge on any atom is -0.492 e. The minimum absolute atomic E-state index is 0.509. The maximum absolute atomic E-state index is 6.09. The summed E-state index contributed by atoms with van der Waals surface area (Å²) in [6.45, 7) is 4.57. The number of halogens is 1. The third-order valence-corrected chi connectivity index (χ3v) is 4.79. The molecule has 4 heterocycles. The van der Waals surface area contributed by atoms with Crippen LogP contribution in [-0.4, -0.2) is 44.3 Å². The molecule has 0 bridgehead atoms. The highest BCUT2D eigenvalue weighted by molar-refractivity contribution is 6.31. The van der Waals surface area contributed by atoms with Crippen LogP contribution in [0, 0.1) is 12.8 Å². The maximum Gasteiger partial charge on any atom is 0.254 e. The zero-order valence-corrected chi connectivity index (χ0v) is 14.7. The van der Waals surface area contributed by atoms with Gasteiger partial charge in [0.05, 0.1) is 6.61 Å². The third kappa shape index (κ3) is 3.37. The van der Waals surface area contributed by atoms with E-state index in [1.807, 2.05) is 6.92 Å². The summed E-state index contributed by atoms with van der Waals surface area (Å²) in [7, 11) is 0. The van der Waals surface area contributed by atoms with E-state index < -0.39 is 0 Å². The molecule has 130 valence electrons. The zero-order chi connectivity index (χ0) is 17.2. The normalized spacial score (nSPS) is 15.7. The molecular formula is C17H19ClN6O. The Morgan fingerprint density at radius 3 is 2.96 bits per heavy atom. The summed E-state index contributed by atoms with van der Waals surface area (Å²) in [5, 5.41) is 4.85. The number of hydrogen-bond acceptors (Lipinski definition) is 6. The smallest absolute Gasteiger partial charge is 0.254 e. The third-order valence-electron chi connectivity index (χ3n) is 4.51. The van der Waals surface area contributed by atoms with Crippen molar-refractivity contribution in [1.82, 2.24) is 24.6 Å². The molecule has 1 saturated heterocycles. The average molecular weight is 359 g/mol. The summed E-state index contributed by atoms with van der Waals surface area (Å²) < 4.78 is 7.67. The highest BCUT2D eigenvalue weighted by atomic mass is 35.5. The summed E-state index contributed by atoms with van der Waals surface area (Å²) >= 11 is 6.09. The van der Waals surface area contributed by atoms with E-state index in [1.54, 1.807) is 29.3 Å². The van der Waals surface area contributed by atoms with Crippen LogP contribution < -0.4 is 9.64 Å². The number of anilines is 1. The van der Waals surface area contributed by atoms with Crippen LogP contribution in [0.25, 0.3) is 5.78 Å². The van der Waals surface area contributed by atoms with Crippen molar-refractivity contribution in [1.29, 1.82) is 0 Å². The summed E-state index contributed by atoms with van der Waals surface area (Å²) in [5.74, 6) is 2.91. The van der Waals surface area contributed by atoms with E-state index >= 15 is 0 Å². The molecule has 0 aliphatic carbocycles. The topological polar surface area (TPSA) is 68.4 Å². The second-order valence-corrected chi connectivity index (χ2v) is 6.68. The summed E-state index contributed by atoms with van der Waals surface area (Å²) in [6.07, 6.45) is 6.96. The molecule has 1 aliphatic rings. The monoisotopic (exact) mass is 358 g/mol. The van der Waals surface area contributed by atoms with E-state index in [0.29, 0.717) is 29.1 Å². The number of nitrogens with zero attached hydrogens (tertiary/aromatic N) is 6. The number of pyridine rings is 1. The van der Waals surface area contributed by atoms with Crippen LogP contribution in [0.3, 0.4) is 0 Å². The summed E-state index contributed by atoms with van der Waals surface area (Å²) in [4.78, 5) is 14.9. The predicted octanol–water partition coefficient (Wildman–Crippen LogP) is 2.78. The molecule has 0 amide bonds. The molecule has 3 aromatic rings. The van der Waals surface area contributed by atoms with Gasteiger partial charge >= 0.3 is 0 Å². The molecule has 4 rings (SSSR count). The lowest BCUT2D eigenvalue weighted by Gasteiger charge is -2.33. The van der Waals surface area contributed by atoms with Crippen molar-refractivity contribution < 1.29 is 4.74 Å². The minimum atomic E-state index is 0.509. The molecule has 0 saturated carbocycles. The van der Waals surface area contributed by atoms with Crippen LogP contribution in [0.2, 0.25) is 5.02 Å². The first-order chi connectivity index (χ1) is 12.2. The number of hydrogen-bond donors (Lipinski definition) is 0. The van der Waals surface area contributed by atoms with Gasteiger partial charge < -0.3 is 9.64 Å². The van der Waals surface area contributed by atoms with E-state index in [2.05, 4.69) is 31.0 Å². The fourth-order valence-corrected chi connectivity index (χ4v) is 3.33. The lowest BCUT2D eigenvalue weighted by atomic mass is 9.98. The second-order valence-electron chi connectivity index (χ2n) is 6.28. The van der Waals surface area contributed by atoms with Gasteiger partial charge in [-0.1, -0.05) is 11.6 Å². The SMILES string of the molecule is Cc1cc(N2CCC(COc3ccncc3Cl)CC2)n2ncnc2n1. The predicted molar refractivity (Wildman–Crippen MR) is 95.2 cm³/mol. The van der Waals surface area contributed by atoms with Crippen LogP contribution in [0.15, 0.2) is 30.9 Å². The Labute approximate surface area is 150 Å². The van der Waals surface area contributed by atoms with Gasteiger partial charge in [0, 0.05) is 43.3 Å². The van der Waals surface area contributed by atoms with Gasteiger partial charge in [0.1, 0.15) is 22.9 Å². The molecule has 25 heavy (non-hydrogen) atoms. The summed E-state index contributed by atoms with van der Waals surface area (Å²) in [5.41, 5.74) is 0.952. The Kier molecular flexibility index (Phi) is 4.40. The van der Waals surface area contributed by atoms with Crippen molar-refractivity contribution in [2.45, 2.75) is 19.8 Å². The number of fused-ring (bicyclic) bond motifs is 1. The van der Waals surface area contributed by atoms with Crippen LogP contribution in [0.5, 0.6) is 5.75 Å². The highest BCUT2D eigenvalue weighted by Crippen LogP contribution is 2.26. The molecular weight excluding hydrogens is 340 g/mol. The van der Waals surface area contributed by atoms with Crippen LogP contribution in [0.4, 0.5) is 5.82 Å². The van der Waals surface area contributed by atoms with Crippen LogP contribution >= 0.6 is 11.6 Å². The lowest BCUT2D eigenvalue weighted by molar-refractivity contribution is 0.222. The van der Waals surface area contributed by atoms with Crippen molar-refractivity contribution >= 4 is 23.2 Å². The Morgan fingerprint density at radius 2 is 2.16 bits per heavy atom. The number of aryl methyl sites for hydroxylation is 1. The van der Waals surface area contributed by atoms with Gasteiger partial charge in [0.15, 0.2) is 0 Å². The molecule has 8 heteroatoms. The molecule has 0 aromatic carbocycles. The largest absolute Gasteiger partial charge is 0.492 e. The average Bonchev–Trinajstić information content (AvgIpc) is 3.09. The highest BCUT2D eigenvalue weighted by Gasteiger charge is 2.22. The molecule has 1 aliphatic heterocycles. The Hall–Kier alpha value is -2.41. The van der Waals surface area contributed by atoms with Crippen LogP contribution in [0.1, 0.15) is 18.5 Å². The number of ether oxygens (including phenoxy) is 1. The first kappa shape index (κ1) is 16.1. The van der Waals surface area contributed by atoms with Gasteiger partial charge in [-0.3, -0.25) is 4.98 Å². The van der Waals surface area contributed by atoms with Gasteiger partial charge in [-0.05, 0) is 25.7 Å². The molecule has 7 nitrogen and oxygen atoms in total. The fraction of sp³-hybridized carbons (Fsp3) is 0.412. The molecule has 0 spiro atoms. The molecule has 0 unspecified atom stereocenters. The van der Waals surface area contributed by atoms with Crippen molar-refractivity contribution in [2.24, 2.45) is 5.92 Å². The maximum atomic E-state index is 6.09. The van der Waals surface area contributed by atoms with Crippen LogP contribution in [-0.2, 0) is 0 Å². The van der Waals surface area contributed by atoms with E-state index in [0.717, 1.165) is 37.4 Å². The Morgan fingerprint density at radius 1 is 1.32 bits per heavy atom. The van der Waals surface area contributed by atoms with E-state index in [1.165, 1.54) is 0 Å². The van der Waals surface area contributed by atoms with E-state index in [-0.39, 0.29) is 0 Å². The first-order valence-corrected chi connectivity index (χ1v) is 8.73. The van der Waals surface area contributed by atoms with E-state index in [9.17, 15) is 0 Å². The van der Waals surface area contributed by atoms with Gasteiger partial charge in [-0.25, -0.2) is 4.98 Å². The van der Waals surface area contributed by atoms with Gasteiger partial charge in [0.2, 0.25) is 0 Å². The zero-order valence-electron chi connectivity index (χ0n) is 14.0. The molecule has 0 radical (unpaired) electrons.